The van der Waals surface area contributed by atoms with Crippen molar-refractivity contribution in [3.8, 4) is 0 Å². The number of hydrogen-bond donors (Lipinski definition) is 2. The second-order valence-corrected chi connectivity index (χ2v) is 7.22. The highest BCUT2D eigenvalue weighted by molar-refractivity contribution is 7.90. The number of rotatable bonds is 5. The second-order valence-electron chi connectivity index (χ2n) is 5.04. The number of halogens is 1. The minimum atomic E-state index is -3.13. The fraction of sp³-hybridized carbons (Fsp3) is 0.462. The van der Waals surface area contributed by atoms with E-state index in [1.165, 1.54) is 0 Å². The van der Waals surface area contributed by atoms with E-state index in [0.29, 0.717) is 5.56 Å². The fourth-order valence-corrected chi connectivity index (χ4v) is 2.78. The summed E-state index contributed by atoms with van der Waals surface area (Å²) in [5.41, 5.74) is 5.52. The first-order valence-corrected chi connectivity index (χ1v) is 8.02. The molecule has 1 aromatic rings. The van der Waals surface area contributed by atoms with Crippen molar-refractivity contribution in [2.45, 2.75) is 25.4 Å². The summed E-state index contributed by atoms with van der Waals surface area (Å²) >= 11 is 0. The Bertz CT molecular complexity index is 544. The molecule has 0 aliphatic heterocycles. The van der Waals surface area contributed by atoms with Crippen molar-refractivity contribution in [2.24, 2.45) is 5.73 Å². The van der Waals surface area contributed by atoms with Crippen LogP contribution in [0.4, 0.5) is 0 Å². The Balaban J connectivity index is 0.00000361. The predicted octanol–water partition coefficient (Wildman–Crippen LogP) is 0.832. The van der Waals surface area contributed by atoms with Crippen molar-refractivity contribution in [1.82, 2.24) is 5.32 Å². The monoisotopic (exact) mass is 320 g/mol. The van der Waals surface area contributed by atoms with Crippen molar-refractivity contribution in [3.05, 3.63) is 35.9 Å². The third-order valence-electron chi connectivity index (χ3n) is 2.78. The largest absolute Gasteiger partial charge is 0.351 e. The summed E-state index contributed by atoms with van der Waals surface area (Å²) in [6, 6.07) is 8.49. The van der Waals surface area contributed by atoms with Gasteiger partial charge in [0.2, 0.25) is 5.91 Å². The first kappa shape index (κ1) is 18.9. The Morgan fingerprint density at radius 3 is 2.30 bits per heavy atom. The predicted molar refractivity (Wildman–Crippen MR) is 82.5 cm³/mol. The number of amides is 1. The molecule has 3 N–H and O–H groups in total. The van der Waals surface area contributed by atoms with Crippen molar-refractivity contribution >= 4 is 28.2 Å². The van der Waals surface area contributed by atoms with Crippen LogP contribution in [0.3, 0.4) is 0 Å². The smallest absolute Gasteiger partial charge is 0.244 e. The van der Waals surface area contributed by atoms with Gasteiger partial charge in [0.05, 0.1) is 5.75 Å². The molecule has 0 bridgehead atoms. The van der Waals surface area contributed by atoms with E-state index in [0.717, 1.165) is 6.26 Å². The maximum atomic E-state index is 12.1. The lowest BCUT2D eigenvalue weighted by Crippen LogP contribution is -2.52. The highest BCUT2D eigenvalue weighted by Gasteiger charge is 2.31. The number of sulfone groups is 1. The second kappa shape index (κ2) is 7.06. The Labute approximate surface area is 126 Å². The van der Waals surface area contributed by atoms with Gasteiger partial charge in [-0.3, -0.25) is 4.79 Å². The van der Waals surface area contributed by atoms with E-state index in [1.54, 1.807) is 38.1 Å². The molecule has 5 nitrogen and oxygen atoms in total. The Morgan fingerprint density at radius 1 is 1.35 bits per heavy atom. The SMILES string of the molecule is CC(CS(C)(=O)=O)NC(=O)C(C)(N)c1ccccc1.Cl. The molecule has 0 radical (unpaired) electrons. The zero-order valence-electron chi connectivity index (χ0n) is 11.8. The molecule has 20 heavy (non-hydrogen) atoms. The van der Waals surface area contributed by atoms with Gasteiger partial charge in [0, 0.05) is 12.3 Å². The summed E-state index contributed by atoms with van der Waals surface area (Å²) < 4.78 is 22.3. The molecule has 0 aliphatic rings. The third-order valence-corrected chi connectivity index (χ3v) is 3.88. The van der Waals surface area contributed by atoms with Crippen LogP contribution in [-0.4, -0.2) is 32.4 Å². The molecule has 0 aliphatic carbocycles. The summed E-state index contributed by atoms with van der Waals surface area (Å²) in [5, 5.41) is 2.63. The molecule has 7 heteroatoms. The van der Waals surface area contributed by atoms with Gasteiger partial charge in [0.1, 0.15) is 15.4 Å². The summed E-state index contributed by atoms with van der Waals surface area (Å²) in [6.45, 7) is 3.24. The number of carbonyl (C=O) groups is 1. The van der Waals surface area contributed by atoms with E-state index < -0.39 is 27.3 Å². The van der Waals surface area contributed by atoms with Crippen molar-refractivity contribution in [3.63, 3.8) is 0 Å². The summed E-state index contributed by atoms with van der Waals surface area (Å²) in [6.07, 6.45) is 1.13. The Morgan fingerprint density at radius 2 is 1.85 bits per heavy atom. The maximum Gasteiger partial charge on any atom is 0.244 e. The zero-order valence-corrected chi connectivity index (χ0v) is 13.4. The van der Waals surface area contributed by atoms with Crippen LogP contribution in [0.1, 0.15) is 19.4 Å². The number of benzene rings is 1. The molecule has 2 unspecified atom stereocenters. The normalized spacial score (nSPS) is 15.6. The Hall–Kier alpha value is -1.11. The van der Waals surface area contributed by atoms with Gasteiger partial charge in [0.15, 0.2) is 0 Å². The molecular weight excluding hydrogens is 300 g/mol. The van der Waals surface area contributed by atoms with E-state index in [2.05, 4.69) is 5.32 Å². The van der Waals surface area contributed by atoms with Gasteiger partial charge in [-0.15, -0.1) is 12.4 Å². The van der Waals surface area contributed by atoms with Crippen LogP contribution in [0.25, 0.3) is 0 Å². The number of nitrogens with one attached hydrogen (secondary N) is 1. The van der Waals surface area contributed by atoms with Crippen LogP contribution in [0.2, 0.25) is 0 Å². The average Bonchev–Trinajstić information content (AvgIpc) is 2.27. The van der Waals surface area contributed by atoms with Crippen molar-refractivity contribution in [2.75, 3.05) is 12.0 Å². The van der Waals surface area contributed by atoms with Crippen LogP contribution in [0, 0.1) is 0 Å². The highest BCUT2D eigenvalue weighted by Crippen LogP contribution is 2.17. The van der Waals surface area contributed by atoms with Crippen LogP contribution in [-0.2, 0) is 20.2 Å². The molecule has 1 aromatic carbocycles. The average molecular weight is 321 g/mol. The topological polar surface area (TPSA) is 89.3 Å². The standard InChI is InChI=1S/C13H20N2O3S.ClH/c1-10(9-19(3,17)18)15-12(16)13(2,14)11-7-5-4-6-8-11;/h4-8,10H,9,14H2,1-3H3,(H,15,16);1H. The van der Waals surface area contributed by atoms with Crippen LogP contribution in [0.15, 0.2) is 30.3 Å². The Kier molecular flexibility index (Phi) is 6.67. The lowest BCUT2D eigenvalue weighted by atomic mass is 9.92. The van der Waals surface area contributed by atoms with Crippen LogP contribution >= 0.6 is 12.4 Å². The van der Waals surface area contributed by atoms with E-state index in [4.69, 9.17) is 5.73 Å². The van der Waals surface area contributed by atoms with E-state index in [-0.39, 0.29) is 18.2 Å². The minimum absolute atomic E-state index is 0. The summed E-state index contributed by atoms with van der Waals surface area (Å²) in [5.74, 6) is -0.501. The van der Waals surface area contributed by atoms with Gasteiger partial charge in [-0.1, -0.05) is 30.3 Å². The third kappa shape index (κ3) is 5.48. The summed E-state index contributed by atoms with van der Waals surface area (Å²) in [4.78, 5) is 12.1. The number of hydrogen-bond acceptors (Lipinski definition) is 4. The molecule has 114 valence electrons. The first-order valence-electron chi connectivity index (χ1n) is 5.96. The van der Waals surface area contributed by atoms with E-state index in [9.17, 15) is 13.2 Å². The molecule has 1 rings (SSSR count). The molecule has 0 heterocycles. The van der Waals surface area contributed by atoms with Crippen LogP contribution < -0.4 is 11.1 Å². The molecule has 2 atom stereocenters. The molecule has 0 aromatic heterocycles. The first-order chi connectivity index (χ1) is 8.63. The van der Waals surface area contributed by atoms with Gasteiger partial charge in [-0.25, -0.2) is 8.42 Å². The molecule has 0 saturated carbocycles. The van der Waals surface area contributed by atoms with E-state index >= 15 is 0 Å². The van der Waals surface area contributed by atoms with Gasteiger partial charge in [-0.05, 0) is 19.4 Å². The molecule has 1 amide bonds. The molecule has 0 saturated heterocycles. The van der Waals surface area contributed by atoms with Crippen LogP contribution in [0.5, 0.6) is 0 Å². The minimum Gasteiger partial charge on any atom is -0.351 e. The summed E-state index contributed by atoms with van der Waals surface area (Å²) in [7, 11) is -3.13. The van der Waals surface area contributed by atoms with Gasteiger partial charge in [0.25, 0.3) is 0 Å². The number of nitrogens with two attached hydrogens (primary N) is 1. The van der Waals surface area contributed by atoms with Gasteiger partial charge in [-0.2, -0.15) is 0 Å². The zero-order chi connectivity index (χ0) is 14.7. The number of carbonyl (C=O) groups excluding carboxylic acids is 1. The molecular formula is C13H21ClN2O3S. The van der Waals surface area contributed by atoms with Crippen molar-refractivity contribution < 1.29 is 13.2 Å². The lowest BCUT2D eigenvalue weighted by Gasteiger charge is -2.26. The maximum absolute atomic E-state index is 12.1. The lowest BCUT2D eigenvalue weighted by molar-refractivity contribution is -0.126. The van der Waals surface area contributed by atoms with Gasteiger partial charge < -0.3 is 11.1 Å². The highest BCUT2D eigenvalue weighted by atomic mass is 35.5. The quantitative estimate of drug-likeness (QED) is 0.841. The fourth-order valence-electron chi connectivity index (χ4n) is 1.78. The van der Waals surface area contributed by atoms with Crippen molar-refractivity contribution in [1.29, 1.82) is 0 Å². The van der Waals surface area contributed by atoms with E-state index in [1.807, 2.05) is 6.07 Å². The molecule has 0 spiro atoms. The van der Waals surface area contributed by atoms with Gasteiger partial charge >= 0.3 is 0 Å². The molecule has 0 fully saturated rings.